The predicted octanol–water partition coefficient (Wildman–Crippen LogP) is 2.80. The summed E-state index contributed by atoms with van der Waals surface area (Å²) in [7, 11) is 0. The van der Waals surface area contributed by atoms with Gasteiger partial charge in [0.1, 0.15) is 11.6 Å². The molecule has 0 radical (unpaired) electrons. The van der Waals surface area contributed by atoms with E-state index >= 15 is 0 Å². The first-order chi connectivity index (χ1) is 10.1. The zero-order chi connectivity index (χ0) is 15.0. The first-order valence-electron chi connectivity index (χ1n) is 5.80. The molecule has 9 heteroatoms. The highest BCUT2D eigenvalue weighted by atomic mass is 79.9. The van der Waals surface area contributed by atoms with Crippen molar-refractivity contribution in [2.24, 2.45) is 5.84 Å². The SMILES string of the molecule is NNc1cn2ccnc2c(Nc2cc(Br)c(F)cc2F)n1. The molecule has 2 heterocycles. The van der Waals surface area contributed by atoms with Crippen molar-refractivity contribution >= 4 is 38.9 Å². The molecule has 0 aliphatic carbocycles. The number of imidazole rings is 1. The summed E-state index contributed by atoms with van der Waals surface area (Å²) >= 11 is 3.01. The number of hydrogen-bond acceptors (Lipinski definition) is 5. The Balaban J connectivity index is 2.09. The lowest BCUT2D eigenvalue weighted by Gasteiger charge is -2.10. The third kappa shape index (κ3) is 2.52. The van der Waals surface area contributed by atoms with Crippen LogP contribution in [0.3, 0.4) is 0 Å². The molecule has 0 atom stereocenters. The molecule has 0 saturated heterocycles. The molecule has 0 spiro atoms. The van der Waals surface area contributed by atoms with E-state index in [0.717, 1.165) is 6.07 Å². The summed E-state index contributed by atoms with van der Waals surface area (Å²) in [4.78, 5) is 8.29. The largest absolute Gasteiger partial charge is 0.335 e. The smallest absolute Gasteiger partial charge is 0.180 e. The summed E-state index contributed by atoms with van der Waals surface area (Å²) in [5.41, 5.74) is 2.95. The minimum Gasteiger partial charge on any atom is -0.335 e. The lowest BCUT2D eigenvalue weighted by Crippen LogP contribution is -2.11. The molecular weight excluding hydrogens is 346 g/mol. The van der Waals surface area contributed by atoms with E-state index in [2.05, 4.69) is 36.6 Å². The fraction of sp³-hybridized carbons (Fsp3) is 0. The number of halogens is 3. The highest BCUT2D eigenvalue weighted by Crippen LogP contribution is 2.27. The number of rotatable bonds is 3. The van der Waals surface area contributed by atoms with Crippen LogP contribution < -0.4 is 16.6 Å². The average molecular weight is 355 g/mol. The van der Waals surface area contributed by atoms with Gasteiger partial charge in [-0.05, 0) is 22.0 Å². The number of anilines is 3. The van der Waals surface area contributed by atoms with Gasteiger partial charge in [-0.2, -0.15) is 0 Å². The maximum absolute atomic E-state index is 13.8. The number of fused-ring (bicyclic) bond motifs is 1. The second kappa shape index (κ2) is 5.26. The van der Waals surface area contributed by atoms with Gasteiger partial charge in [-0.1, -0.05) is 0 Å². The molecule has 2 aromatic heterocycles. The van der Waals surface area contributed by atoms with E-state index in [1.807, 2.05) is 0 Å². The van der Waals surface area contributed by atoms with Crippen LogP contribution >= 0.6 is 15.9 Å². The minimum absolute atomic E-state index is 0.0647. The van der Waals surface area contributed by atoms with Crippen molar-refractivity contribution in [2.45, 2.75) is 0 Å². The zero-order valence-electron chi connectivity index (χ0n) is 10.4. The summed E-state index contributed by atoms with van der Waals surface area (Å²) in [6.45, 7) is 0. The summed E-state index contributed by atoms with van der Waals surface area (Å²) in [5, 5.41) is 2.78. The Morgan fingerprint density at radius 1 is 1.24 bits per heavy atom. The molecule has 0 amide bonds. The van der Waals surface area contributed by atoms with E-state index in [1.54, 1.807) is 23.0 Å². The number of nitrogens with zero attached hydrogens (tertiary/aromatic N) is 3. The molecule has 0 aliphatic rings. The first-order valence-corrected chi connectivity index (χ1v) is 6.59. The highest BCUT2D eigenvalue weighted by molar-refractivity contribution is 9.10. The van der Waals surface area contributed by atoms with Crippen molar-refractivity contribution in [3.05, 3.63) is 46.8 Å². The Bertz CT molecular complexity index is 819. The topological polar surface area (TPSA) is 80.3 Å². The van der Waals surface area contributed by atoms with Gasteiger partial charge in [0.2, 0.25) is 0 Å². The van der Waals surface area contributed by atoms with Crippen LogP contribution in [0.1, 0.15) is 0 Å². The summed E-state index contributed by atoms with van der Waals surface area (Å²) < 4.78 is 28.9. The predicted molar refractivity (Wildman–Crippen MR) is 78.1 cm³/mol. The number of nitrogen functional groups attached to an aromatic ring is 1. The number of aromatic nitrogens is 3. The Hall–Kier alpha value is -2.26. The lowest BCUT2D eigenvalue weighted by atomic mass is 10.3. The summed E-state index contributed by atoms with van der Waals surface area (Å²) in [6, 6.07) is 2.06. The Morgan fingerprint density at radius 2 is 2.05 bits per heavy atom. The van der Waals surface area contributed by atoms with Crippen molar-refractivity contribution in [3.8, 4) is 0 Å². The van der Waals surface area contributed by atoms with E-state index in [4.69, 9.17) is 5.84 Å². The minimum atomic E-state index is -0.742. The fourth-order valence-corrected chi connectivity index (χ4v) is 2.17. The summed E-state index contributed by atoms with van der Waals surface area (Å²) in [6.07, 6.45) is 4.89. The van der Waals surface area contributed by atoms with Crippen molar-refractivity contribution < 1.29 is 8.78 Å². The van der Waals surface area contributed by atoms with E-state index in [9.17, 15) is 8.78 Å². The highest BCUT2D eigenvalue weighted by Gasteiger charge is 2.12. The van der Waals surface area contributed by atoms with Crippen LogP contribution in [0.15, 0.2) is 35.2 Å². The van der Waals surface area contributed by atoms with Crippen molar-refractivity contribution in [1.82, 2.24) is 14.4 Å². The molecule has 21 heavy (non-hydrogen) atoms. The van der Waals surface area contributed by atoms with Crippen LogP contribution in [0.25, 0.3) is 5.65 Å². The number of hydrogen-bond donors (Lipinski definition) is 3. The molecule has 0 saturated carbocycles. The van der Waals surface area contributed by atoms with Gasteiger partial charge in [0, 0.05) is 18.5 Å². The molecule has 108 valence electrons. The van der Waals surface area contributed by atoms with Gasteiger partial charge < -0.3 is 15.1 Å². The Morgan fingerprint density at radius 3 is 2.81 bits per heavy atom. The van der Waals surface area contributed by atoms with Gasteiger partial charge in [-0.3, -0.25) is 0 Å². The first kappa shape index (κ1) is 13.7. The van der Waals surface area contributed by atoms with Crippen LogP contribution in [-0.2, 0) is 0 Å². The van der Waals surface area contributed by atoms with Crippen LogP contribution in [0.2, 0.25) is 0 Å². The molecule has 0 bridgehead atoms. The molecule has 0 fully saturated rings. The third-order valence-corrected chi connectivity index (χ3v) is 3.39. The quantitative estimate of drug-likeness (QED) is 0.383. The van der Waals surface area contributed by atoms with Crippen molar-refractivity contribution in [3.63, 3.8) is 0 Å². The number of nitrogens with one attached hydrogen (secondary N) is 2. The van der Waals surface area contributed by atoms with E-state index in [1.165, 1.54) is 6.07 Å². The fourth-order valence-electron chi connectivity index (χ4n) is 1.83. The van der Waals surface area contributed by atoms with E-state index < -0.39 is 11.6 Å². The zero-order valence-corrected chi connectivity index (χ0v) is 12.0. The molecule has 0 unspecified atom stereocenters. The molecule has 3 aromatic rings. The van der Waals surface area contributed by atoms with Crippen LogP contribution in [0.5, 0.6) is 0 Å². The molecule has 1 aromatic carbocycles. The molecular formula is C12H9BrF2N6. The second-order valence-electron chi connectivity index (χ2n) is 4.15. The van der Waals surface area contributed by atoms with Crippen LogP contribution in [-0.4, -0.2) is 14.4 Å². The van der Waals surface area contributed by atoms with Crippen molar-refractivity contribution in [1.29, 1.82) is 0 Å². The third-order valence-electron chi connectivity index (χ3n) is 2.79. The Labute approximate surface area is 126 Å². The van der Waals surface area contributed by atoms with E-state index in [0.29, 0.717) is 11.5 Å². The van der Waals surface area contributed by atoms with Gasteiger partial charge in [0.05, 0.1) is 16.4 Å². The normalized spacial score (nSPS) is 10.9. The maximum atomic E-state index is 13.8. The van der Waals surface area contributed by atoms with Gasteiger partial charge >= 0.3 is 0 Å². The lowest BCUT2D eigenvalue weighted by molar-refractivity contribution is 0.581. The summed E-state index contributed by atoms with van der Waals surface area (Å²) in [5.74, 6) is 4.56. The molecule has 3 rings (SSSR count). The Kier molecular flexibility index (Phi) is 3.43. The van der Waals surface area contributed by atoms with Crippen LogP contribution in [0, 0.1) is 11.6 Å². The number of hydrazine groups is 1. The van der Waals surface area contributed by atoms with Gasteiger partial charge in [0.15, 0.2) is 17.3 Å². The van der Waals surface area contributed by atoms with Crippen molar-refractivity contribution in [2.75, 3.05) is 10.7 Å². The van der Waals surface area contributed by atoms with Crippen LogP contribution in [0.4, 0.5) is 26.1 Å². The standard InChI is InChI=1S/C12H9BrF2N6/c13-6-3-9(8(15)4-7(6)14)18-11-12-17-1-2-21(12)5-10(19-11)20-16/h1-5,20H,16H2,(H,18,19). The maximum Gasteiger partial charge on any atom is 0.180 e. The van der Waals surface area contributed by atoms with E-state index in [-0.39, 0.29) is 16.0 Å². The monoisotopic (exact) mass is 354 g/mol. The van der Waals surface area contributed by atoms with Gasteiger partial charge in [-0.15, -0.1) is 0 Å². The van der Waals surface area contributed by atoms with Gasteiger partial charge in [-0.25, -0.2) is 24.6 Å². The van der Waals surface area contributed by atoms with Gasteiger partial charge in [0.25, 0.3) is 0 Å². The molecule has 6 nitrogen and oxygen atoms in total. The molecule has 0 aliphatic heterocycles. The number of nitrogens with two attached hydrogens (primary N) is 1. The number of benzene rings is 1. The average Bonchev–Trinajstić information content (AvgIpc) is 2.93. The molecule has 4 N–H and O–H groups in total. The second-order valence-corrected chi connectivity index (χ2v) is 5.00.